The highest BCUT2D eigenvalue weighted by Gasteiger charge is 2.29. The zero-order chi connectivity index (χ0) is 37.0. The van der Waals surface area contributed by atoms with Crippen LogP contribution < -0.4 is 10.6 Å². The lowest BCUT2D eigenvalue weighted by Crippen LogP contribution is -2.55. The van der Waals surface area contributed by atoms with Gasteiger partial charge in [0.05, 0.1) is 22.6 Å². The van der Waals surface area contributed by atoms with Crippen molar-refractivity contribution in [3.05, 3.63) is 199 Å². The topological polar surface area (TPSA) is 46.3 Å². The number of allylic oxidation sites excluding steroid dienone is 5. The third kappa shape index (κ3) is 5.54. The molecule has 3 aliphatic rings. The van der Waals surface area contributed by atoms with Crippen LogP contribution in [0.2, 0.25) is 0 Å². The van der Waals surface area contributed by atoms with Crippen molar-refractivity contribution >= 4 is 49.4 Å². The minimum absolute atomic E-state index is 0.0973. The Hall–Kier alpha value is -6.69. The Labute approximate surface area is 326 Å². The molecular weight excluding hydrogens is 683 g/mol. The Balaban J connectivity index is 1.06. The number of benzene rings is 6. The molecule has 270 valence electrons. The van der Waals surface area contributed by atoms with Gasteiger partial charge in [0, 0.05) is 38.3 Å². The third-order valence-electron chi connectivity index (χ3n) is 11.8. The van der Waals surface area contributed by atoms with Crippen molar-refractivity contribution in [1.82, 2.24) is 19.8 Å². The van der Waals surface area contributed by atoms with Gasteiger partial charge < -0.3 is 14.5 Å². The maximum Gasteiger partial charge on any atom is 0.131 e. The summed E-state index contributed by atoms with van der Waals surface area (Å²) in [6.45, 7) is 0. The number of nitrogens with zero attached hydrogens (tertiary/aromatic N) is 3. The molecule has 6 aromatic carbocycles. The molecule has 2 aliphatic carbocycles. The number of amidine groups is 1. The lowest BCUT2D eigenvalue weighted by atomic mass is 9.97. The predicted octanol–water partition coefficient (Wildman–Crippen LogP) is 11.6. The Kier molecular flexibility index (Phi) is 7.92. The van der Waals surface area contributed by atoms with Crippen molar-refractivity contribution < 1.29 is 0 Å². The monoisotopic (exact) mass is 723 g/mol. The van der Waals surface area contributed by atoms with Gasteiger partial charge in [0.2, 0.25) is 0 Å². The fourth-order valence-corrected chi connectivity index (χ4v) is 9.13. The number of nitrogens with one attached hydrogen (secondary N) is 2. The Morgan fingerprint density at radius 1 is 0.589 bits per heavy atom. The average Bonchev–Trinajstić information content (AvgIpc) is 3.78. The number of aliphatic imine (C=N–C) groups is 1. The van der Waals surface area contributed by atoms with Crippen LogP contribution in [0.3, 0.4) is 0 Å². The summed E-state index contributed by atoms with van der Waals surface area (Å²) >= 11 is 0. The number of hydrogen-bond donors (Lipinski definition) is 2. The fraction of sp³-hybridized carbons (Fsp3) is 0.118. The molecular formula is C51H41N5. The summed E-state index contributed by atoms with van der Waals surface area (Å²) in [5.74, 6) is 0.926. The van der Waals surface area contributed by atoms with Gasteiger partial charge >= 0.3 is 0 Å². The van der Waals surface area contributed by atoms with Crippen molar-refractivity contribution in [2.75, 3.05) is 0 Å². The molecule has 11 rings (SSSR count). The van der Waals surface area contributed by atoms with E-state index >= 15 is 0 Å². The average molecular weight is 724 g/mol. The molecule has 0 amide bonds. The highest BCUT2D eigenvalue weighted by Crippen LogP contribution is 2.41. The second-order valence-corrected chi connectivity index (χ2v) is 15.1. The largest absolute Gasteiger partial charge is 0.350 e. The van der Waals surface area contributed by atoms with E-state index in [2.05, 4.69) is 202 Å². The smallest absolute Gasteiger partial charge is 0.131 e. The molecule has 0 fully saturated rings. The number of aromatic nitrogens is 2. The molecule has 3 atom stereocenters. The van der Waals surface area contributed by atoms with Gasteiger partial charge in [-0.15, -0.1) is 0 Å². The first-order valence-corrected chi connectivity index (χ1v) is 19.8. The standard InChI is InChI=1S/C51H41N5/c1-4-16-34(17-5-1)37-22-14-24-39(30-37)55-45-28-12-10-26-41(45)43-32-44-42-27-11-13-29-46(42)56(48(44)33-47(43)55)40-25-15-23-38(31-40)51-53-49(35-18-6-2-7-19-35)52-50(54-51)36-20-8-3-9-21-36/h1-8,10-20,22-24,26-33,40,50-51,54H,9,21,25H2,(H,52,53). The number of para-hydroxylation sites is 2. The molecule has 5 nitrogen and oxygen atoms in total. The summed E-state index contributed by atoms with van der Waals surface area (Å²) in [5.41, 5.74) is 12.1. The minimum Gasteiger partial charge on any atom is -0.350 e. The number of hydrogen-bond acceptors (Lipinski definition) is 3. The molecule has 0 saturated heterocycles. The summed E-state index contributed by atoms with van der Waals surface area (Å²) in [7, 11) is 0. The zero-order valence-corrected chi connectivity index (χ0v) is 31.0. The first kappa shape index (κ1) is 32.7. The number of fused-ring (bicyclic) bond motifs is 6. The molecule has 0 bridgehead atoms. The van der Waals surface area contributed by atoms with Crippen LogP contribution in [0.4, 0.5) is 0 Å². The molecule has 56 heavy (non-hydrogen) atoms. The molecule has 0 saturated carbocycles. The third-order valence-corrected chi connectivity index (χ3v) is 11.8. The Bertz CT molecular complexity index is 2960. The van der Waals surface area contributed by atoms with Crippen molar-refractivity contribution in [1.29, 1.82) is 0 Å². The molecule has 8 aromatic rings. The molecule has 3 unspecified atom stereocenters. The minimum atomic E-state index is -0.0993. The van der Waals surface area contributed by atoms with E-state index in [9.17, 15) is 0 Å². The quantitative estimate of drug-likeness (QED) is 0.179. The van der Waals surface area contributed by atoms with Crippen LogP contribution in [0.1, 0.15) is 30.9 Å². The molecule has 3 heterocycles. The van der Waals surface area contributed by atoms with Crippen LogP contribution in [-0.2, 0) is 0 Å². The van der Waals surface area contributed by atoms with E-state index in [0.29, 0.717) is 0 Å². The molecule has 2 N–H and O–H groups in total. The molecule has 0 spiro atoms. The van der Waals surface area contributed by atoms with Crippen LogP contribution in [-0.4, -0.2) is 27.3 Å². The molecule has 1 aliphatic heterocycles. The fourth-order valence-electron chi connectivity index (χ4n) is 9.13. The Morgan fingerprint density at radius 3 is 2.11 bits per heavy atom. The molecule has 0 radical (unpaired) electrons. The normalized spacial score (nSPS) is 19.6. The summed E-state index contributed by atoms with van der Waals surface area (Å²) in [6.07, 6.45) is 16.5. The van der Waals surface area contributed by atoms with E-state index in [0.717, 1.165) is 36.3 Å². The first-order valence-electron chi connectivity index (χ1n) is 19.8. The van der Waals surface area contributed by atoms with Gasteiger partial charge in [0.15, 0.2) is 0 Å². The van der Waals surface area contributed by atoms with Gasteiger partial charge in [-0.25, -0.2) is 4.99 Å². The van der Waals surface area contributed by atoms with Crippen molar-refractivity contribution in [2.45, 2.75) is 37.6 Å². The second kappa shape index (κ2) is 13.6. The van der Waals surface area contributed by atoms with Gasteiger partial charge in [-0.1, -0.05) is 146 Å². The van der Waals surface area contributed by atoms with E-state index in [-0.39, 0.29) is 18.4 Å². The summed E-state index contributed by atoms with van der Waals surface area (Å²) in [5, 5.41) is 12.8. The second-order valence-electron chi connectivity index (χ2n) is 15.1. The van der Waals surface area contributed by atoms with Gasteiger partial charge in [0.25, 0.3) is 0 Å². The zero-order valence-electron chi connectivity index (χ0n) is 31.0. The van der Waals surface area contributed by atoms with Crippen LogP contribution in [0.15, 0.2) is 198 Å². The lowest BCUT2D eigenvalue weighted by molar-refractivity contribution is 0.453. The highest BCUT2D eigenvalue weighted by atomic mass is 15.3. The van der Waals surface area contributed by atoms with Gasteiger partial charge in [-0.3, -0.25) is 5.32 Å². The number of rotatable bonds is 6. The van der Waals surface area contributed by atoms with Crippen LogP contribution in [0.5, 0.6) is 0 Å². The maximum absolute atomic E-state index is 5.21. The molecule has 5 heteroatoms. The summed E-state index contributed by atoms with van der Waals surface area (Å²) in [6, 6.07) is 52.9. The van der Waals surface area contributed by atoms with Crippen molar-refractivity contribution in [2.24, 2.45) is 4.99 Å². The van der Waals surface area contributed by atoms with Gasteiger partial charge in [-0.2, -0.15) is 0 Å². The molecule has 2 aromatic heterocycles. The van der Waals surface area contributed by atoms with E-state index in [1.54, 1.807) is 0 Å². The summed E-state index contributed by atoms with van der Waals surface area (Å²) < 4.78 is 5.03. The van der Waals surface area contributed by atoms with Crippen molar-refractivity contribution in [3.63, 3.8) is 0 Å². The van der Waals surface area contributed by atoms with Gasteiger partial charge in [-0.05, 0) is 77.9 Å². The van der Waals surface area contributed by atoms with E-state index in [1.807, 2.05) is 0 Å². The van der Waals surface area contributed by atoms with Crippen molar-refractivity contribution in [3.8, 4) is 16.8 Å². The first-order chi connectivity index (χ1) is 27.8. The Morgan fingerprint density at radius 2 is 1.30 bits per heavy atom. The summed E-state index contributed by atoms with van der Waals surface area (Å²) in [4.78, 5) is 5.21. The highest BCUT2D eigenvalue weighted by molar-refractivity contribution is 6.18. The predicted molar refractivity (Wildman–Crippen MR) is 233 cm³/mol. The van der Waals surface area contributed by atoms with Gasteiger partial charge in [0.1, 0.15) is 18.2 Å². The van der Waals surface area contributed by atoms with E-state index in [4.69, 9.17) is 4.99 Å². The van der Waals surface area contributed by atoms with E-state index < -0.39 is 0 Å². The van der Waals surface area contributed by atoms with E-state index in [1.165, 1.54) is 65.9 Å². The maximum atomic E-state index is 5.21. The van der Waals surface area contributed by atoms with Crippen LogP contribution >= 0.6 is 0 Å². The SMILES string of the molecule is C1=CCCC(C2N=C(c3ccccc3)NC(C3=CC(n4c5ccccc5c5cc6c7ccccc7n(-c7cccc(-c8ccccc8)c7)c6cc54)CC=C3)N2)=C1. The van der Waals surface area contributed by atoms with Crippen LogP contribution in [0.25, 0.3) is 60.4 Å². The lowest BCUT2D eigenvalue weighted by Gasteiger charge is -2.35. The van der Waals surface area contributed by atoms with Crippen LogP contribution in [0, 0.1) is 0 Å².